The van der Waals surface area contributed by atoms with Gasteiger partial charge in [0.1, 0.15) is 4.60 Å². The summed E-state index contributed by atoms with van der Waals surface area (Å²) in [6.45, 7) is 0.387. The molecule has 0 aromatic carbocycles. The molecule has 0 unspecified atom stereocenters. The Morgan fingerprint density at radius 2 is 2.35 bits per heavy atom. The van der Waals surface area contributed by atoms with Crippen LogP contribution in [-0.4, -0.2) is 31.2 Å². The van der Waals surface area contributed by atoms with Gasteiger partial charge >= 0.3 is 5.97 Å². The maximum atomic E-state index is 11.0. The number of pyridine rings is 1. The van der Waals surface area contributed by atoms with E-state index in [2.05, 4.69) is 36.1 Å². The molecule has 0 aliphatic rings. The summed E-state index contributed by atoms with van der Waals surface area (Å²) < 4.78 is 2.17. The fraction of sp³-hybridized carbons (Fsp3) is 0.111. The van der Waals surface area contributed by atoms with Crippen molar-refractivity contribution in [2.24, 2.45) is 0 Å². The van der Waals surface area contributed by atoms with Crippen molar-refractivity contribution in [1.29, 1.82) is 0 Å². The van der Waals surface area contributed by atoms with Crippen molar-refractivity contribution in [3.8, 4) is 0 Å². The van der Waals surface area contributed by atoms with E-state index in [9.17, 15) is 4.79 Å². The summed E-state index contributed by atoms with van der Waals surface area (Å²) in [6, 6.07) is 5.49. The van der Waals surface area contributed by atoms with Gasteiger partial charge in [-0.1, -0.05) is 11.3 Å². The van der Waals surface area contributed by atoms with Crippen molar-refractivity contribution in [3.05, 3.63) is 40.4 Å². The molecule has 0 radical (unpaired) electrons. The Bertz CT molecular complexity index is 543. The highest BCUT2D eigenvalue weighted by atomic mass is 79.9. The molecule has 2 aromatic rings. The zero-order chi connectivity index (χ0) is 12.3. The van der Waals surface area contributed by atoms with E-state index in [-0.39, 0.29) is 5.69 Å². The smallest absolute Gasteiger partial charge is 0.246 e. The lowest BCUT2D eigenvalue weighted by atomic mass is 10.3. The van der Waals surface area contributed by atoms with E-state index >= 15 is 0 Å². The average Bonchev–Trinajstić information content (AvgIpc) is 2.76. The molecule has 0 saturated heterocycles. The fourth-order valence-electron chi connectivity index (χ4n) is 1.23. The van der Waals surface area contributed by atoms with E-state index in [4.69, 9.17) is 5.26 Å². The van der Waals surface area contributed by atoms with Crippen LogP contribution in [0.15, 0.2) is 29.0 Å². The fourth-order valence-corrected chi connectivity index (χ4v) is 1.61. The molecule has 2 heterocycles. The Hall–Kier alpha value is -1.80. The SMILES string of the molecule is O=C(O[OH2+])c1cn(Cc2cccc(Br)n2)nn1. The van der Waals surface area contributed by atoms with Gasteiger partial charge in [-0.3, -0.25) is 0 Å². The monoisotopic (exact) mass is 299 g/mol. The second kappa shape index (κ2) is 5.02. The highest BCUT2D eigenvalue weighted by Crippen LogP contribution is 2.07. The standard InChI is InChI=1S/C9H7BrN4O3/c10-8-3-1-2-6(11-8)4-14-5-7(12-13-14)9(15)17-16/h1-3,5,16H,4H2/p+1. The molecule has 0 fully saturated rings. The number of carbonyl (C=O) groups excluding carboxylic acids is 1. The molecule has 2 rings (SSSR count). The van der Waals surface area contributed by atoms with E-state index < -0.39 is 5.97 Å². The van der Waals surface area contributed by atoms with Gasteiger partial charge in [-0.05, 0) is 28.1 Å². The Balaban J connectivity index is 2.14. The number of halogens is 1. The maximum absolute atomic E-state index is 11.0. The van der Waals surface area contributed by atoms with Gasteiger partial charge in [-0.2, -0.15) is 4.89 Å². The van der Waals surface area contributed by atoms with Crippen molar-refractivity contribution >= 4 is 21.9 Å². The minimum absolute atomic E-state index is 0.00463. The normalized spacial score (nSPS) is 10.2. The number of rotatable bonds is 3. The summed E-state index contributed by atoms with van der Waals surface area (Å²) in [5.74, 6) is -0.835. The lowest BCUT2D eigenvalue weighted by Gasteiger charge is -1.99. The zero-order valence-electron chi connectivity index (χ0n) is 8.50. The predicted molar refractivity (Wildman–Crippen MR) is 60.1 cm³/mol. The van der Waals surface area contributed by atoms with Crippen LogP contribution in [-0.2, 0) is 11.4 Å². The third kappa shape index (κ3) is 2.86. The molecule has 88 valence electrons. The largest absolute Gasteiger partial charge is 0.441 e. The summed E-state index contributed by atoms with van der Waals surface area (Å²) in [5, 5.41) is 13.8. The number of hydrogen-bond acceptors (Lipinski definition) is 5. The van der Waals surface area contributed by atoms with Gasteiger partial charge in [0.15, 0.2) is 5.69 Å². The Kier molecular flexibility index (Phi) is 3.45. The number of nitrogens with zero attached hydrogens (tertiary/aromatic N) is 4. The molecule has 7 nitrogen and oxygen atoms in total. The van der Waals surface area contributed by atoms with E-state index in [0.717, 1.165) is 10.3 Å². The lowest BCUT2D eigenvalue weighted by molar-refractivity contribution is -0.183. The second-order valence-corrected chi connectivity index (χ2v) is 3.96. The molecule has 0 spiro atoms. The van der Waals surface area contributed by atoms with E-state index in [1.54, 1.807) is 0 Å². The van der Waals surface area contributed by atoms with Crippen molar-refractivity contribution < 1.29 is 14.9 Å². The van der Waals surface area contributed by atoms with Gasteiger partial charge in [-0.25, -0.2) is 19.7 Å². The van der Waals surface area contributed by atoms with Crippen LogP contribution in [0, 0.1) is 0 Å². The average molecular weight is 300 g/mol. The maximum Gasteiger partial charge on any atom is 0.441 e. The third-order valence-corrected chi connectivity index (χ3v) is 2.38. The zero-order valence-corrected chi connectivity index (χ0v) is 10.1. The first kappa shape index (κ1) is 11.7. The van der Waals surface area contributed by atoms with Crippen LogP contribution in [0.4, 0.5) is 0 Å². The van der Waals surface area contributed by atoms with Gasteiger partial charge < -0.3 is 0 Å². The van der Waals surface area contributed by atoms with Gasteiger partial charge in [-0.15, -0.1) is 5.10 Å². The first-order valence-corrected chi connectivity index (χ1v) is 5.38. The van der Waals surface area contributed by atoms with E-state index in [0.29, 0.717) is 6.54 Å². The summed E-state index contributed by atoms with van der Waals surface area (Å²) in [5.41, 5.74) is 0.769. The highest BCUT2D eigenvalue weighted by Gasteiger charge is 2.14. The molecule has 17 heavy (non-hydrogen) atoms. The lowest BCUT2D eigenvalue weighted by Crippen LogP contribution is -2.03. The summed E-state index contributed by atoms with van der Waals surface area (Å²) in [4.78, 5) is 19.0. The van der Waals surface area contributed by atoms with E-state index in [1.165, 1.54) is 10.9 Å². The molecule has 0 bridgehead atoms. The number of carbonyl (C=O) groups is 1. The van der Waals surface area contributed by atoms with Crippen molar-refractivity contribution in [1.82, 2.24) is 20.0 Å². The molecule has 0 saturated carbocycles. The second-order valence-electron chi connectivity index (χ2n) is 3.14. The quantitative estimate of drug-likeness (QED) is 0.351. The number of aromatic nitrogens is 4. The topological polar surface area (TPSA) is 92.8 Å². The van der Waals surface area contributed by atoms with E-state index in [1.807, 2.05) is 18.2 Å². The van der Waals surface area contributed by atoms with Crippen LogP contribution in [0.25, 0.3) is 0 Å². The first-order valence-electron chi connectivity index (χ1n) is 4.58. The van der Waals surface area contributed by atoms with Crippen LogP contribution in [0.2, 0.25) is 0 Å². The summed E-state index contributed by atoms with van der Waals surface area (Å²) in [6.07, 6.45) is 1.40. The summed E-state index contributed by atoms with van der Waals surface area (Å²) in [7, 11) is 0. The minimum Gasteiger partial charge on any atom is -0.246 e. The van der Waals surface area contributed by atoms with Gasteiger partial charge in [0.25, 0.3) is 0 Å². The molecular formula is C9H8BrN4O3+. The predicted octanol–water partition coefficient (Wildman–Crippen LogP) is 0.280. The van der Waals surface area contributed by atoms with Crippen LogP contribution in [0.3, 0.4) is 0 Å². The molecule has 0 aliphatic heterocycles. The Morgan fingerprint density at radius 1 is 1.53 bits per heavy atom. The van der Waals surface area contributed by atoms with Gasteiger partial charge in [0, 0.05) is 0 Å². The molecule has 0 aliphatic carbocycles. The van der Waals surface area contributed by atoms with Crippen LogP contribution >= 0.6 is 15.9 Å². The van der Waals surface area contributed by atoms with Crippen molar-refractivity contribution in [2.75, 3.05) is 0 Å². The van der Waals surface area contributed by atoms with Crippen LogP contribution in [0.1, 0.15) is 16.2 Å². The van der Waals surface area contributed by atoms with Crippen molar-refractivity contribution in [3.63, 3.8) is 0 Å². The summed E-state index contributed by atoms with van der Waals surface area (Å²) >= 11 is 3.26. The van der Waals surface area contributed by atoms with Crippen LogP contribution < -0.4 is 0 Å². The molecule has 0 atom stereocenters. The molecule has 2 N–H and O–H groups in total. The van der Waals surface area contributed by atoms with Crippen LogP contribution in [0.5, 0.6) is 0 Å². The Labute approximate surface area is 104 Å². The molecule has 0 amide bonds. The molecule has 2 aromatic heterocycles. The first-order chi connectivity index (χ1) is 8.19. The molecule has 8 heteroatoms. The number of hydrogen-bond donors (Lipinski definition) is 0. The molecular weight excluding hydrogens is 292 g/mol. The minimum atomic E-state index is -0.835. The highest BCUT2D eigenvalue weighted by molar-refractivity contribution is 9.10. The Morgan fingerprint density at radius 3 is 3.06 bits per heavy atom. The van der Waals surface area contributed by atoms with Crippen molar-refractivity contribution in [2.45, 2.75) is 6.54 Å². The van der Waals surface area contributed by atoms with Gasteiger partial charge in [0.2, 0.25) is 0 Å². The van der Waals surface area contributed by atoms with Gasteiger partial charge in [0.05, 0.1) is 18.4 Å². The third-order valence-electron chi connectivity index (χ3n) is 1.94.